The predicted molar refractivity (Wildman–Crippen MR) is 137 cm³/mol. The molecule has 6 atom stereocenters. The summed E-state index contributed by atoms with van der Waals surface area (Å²) in [6.07, 6.45) is -3.77. The molecule has 2 saturated carbocycles. The number of rotatable bonds is 10. The number of amides is 4. The van der Waals surface area contributed by atoms with Crippen LogP contribution in [0, 0.1) is 22.7 Å². The Morgan fingerprint density at radius 3 is 2.27 bits per heavy atom. The molecule has 14 heteroatoms. The number of carbonyl (C=O) groups is 5. The van der Waals surface area contributed by atoms with Crippen LogP contribution in [0.15, 0.2) is 0 Å². The van der Waals surface area contributed by atoms with Gasteiger partial charge in [0.15, 0.2) is 5.78 Å². The molecule has 3 N–H and O–H groups in total. The van der Waals surface area contributed by atoms with Gasteiger partial charge in [-0.15, -0.1) is 13.2 Å². The molecule has 4 amide bonds. The topological polar surface area (TPSA) is 143 Å². The average molecular weight is 589 g/mol. The van der Waals surface area contributed by atoms with E-state index in [2.05, 4.69) is 20.7 Å². The zero-order valence-electron chi connectivity index (χ0n) is 23.9. The predicted octanol–water partition coefficient (Wildman–Crippen LogP) is 2.03. The number of Topliss-reactive ketones (excluding diaryl/α,β-unsaturated/α-hetero) is 1. The molecule has 41 heavy (non-hydrogen) atoms. The van der Waals surface area contributed by atoms with Crippen LogP contribution in [0.4, 0.5) is 18.0 Å². The number of fused-ring (bicyclic) bond motifs is 1. The van der Waals surface area contributed by atoms with Crippen LogP contribution in [0.25, 0.3) is 0 Å². The Morgan fingerprint density at radius 2 is 1.76 bits per heavy atom. The quantitative estimate of drug-likeness (QED) is 0.354. The molecule has 230 valence electrons. The van der Waals surface area contributed by atoms with Crippen LogP contribution in [-0.4, -0.2) is 84.3 Å². The lowest BCUT2D eigenvalue weighted by Gasteiger charge is -2.45. The molecule has 0 spiro atoms. The van der Waals surface area contributed by atoms with Crippen LogP contribution in [-0.2, 0) is 28.7 Å². The number of ketones is 1. The van der Waals surface area contributed by atoms with Gasteiger partial charge in [0.1, 0.15) is 24.8 Å². The molecule has 3 aliphatic heterocycles. The van der Waals surface area contributed by atoms with E-state index in [9.17, 15) is 37.1 Å². The van der Waals surface area contributed by atoms with Gasteiger partial charge in [-0.05, 0) is 48.9 Å². The maximum atomic E-state index is 14.0. The number of hydrogen-bond donors (Lipinski definition) is 3. The smallest absolute Gasteiger partial charge is 0.446 e. The second-order valence-electron chi connectivity index (χ2n) is 13.2. The Balaban J connectivity index is 1.55. The number of hydrogen-bond acceptors (Lipinski definition) is 7. The van der Waals surface area contributed by atoms with Gasteiger partial charge in [0.25, 0.3) is 0 Å². The lowest BCUT2D eigenvalue weighted by atomic mass is 9.61. The number of ether oxygens (including phenoxy) is 2. The molecular weight excluding hydrogens is 549 g/mol. The Labute approximate surface area is 236 Å². The second-order valence-corrected chi connectivity index (χ2v) is 13.2. The molecule has 1 unspecified atom stereocenters. The van der Waals surface area contributed by atoms with E-state index in [1.807, 2.05) is 13.8 Å². The van der Waals surface area contributed by atoms with E-state index in [1.165, 1.54) is 4.90 Å². The SMILES string of the molecule is CC(C)(C)[C@H](NC(=O)OC1CC1)C(=O)N1C2C[C@@H]([C@H]1C(=O)N[C@@H](C[C@@H]1CCNC1=O)C(=O)COC(F)(F)F)C2(C)C. The highest BCUT2D eigenvalue weighted by molar-refractivity contribution is 5.96. The van der Waals surface area contributed by atoms with Gasteiger partial charge in [-0.1, -0.05) is 34.6 Å². The van der Waals surface area contributed by atoms with Crippen molar-refractivity contribution in [2.75, 3.05) is 13.2 Å². The molecule has 11 nitrogen and oxygen atoms in total. The minimum atomic E-state index is -5.05. The second kappa shape index (κ2) is 11.1. The number of alkyl halides is 3. The number of alkyl carbamates (subject to hydrolysis) is 1. The zero-order chi connectivity index (χ0) is 30.5. The van der Waals surface area contributed by atoms with E-state index in [1.54, 1.807) is 20.8 Å². The molecule has 2 aliphatic carbocycles. The monoisotopic (exact) mass is 588 g/mol. The first kappa shape index (κ1) is 31.0. The summed E-state index contributed by atoms with van der Waals surface area (Å²) in [6, 6.07) is -3.81. The molecule has 0 aromatic rings. The largest absolute Gasteiger partial charge is 0.522 e. The van der Waals surface area contributed by atoms with E-state index in [0.29, 0.717) is 19.4 Å². The maximum absolute atomic E-state index is 14.0. The first-order valence-electron chi connectivity index (χ1n) is 14.0. The van der Waals surface area contributed by atoms with Crippen molar-refractivity contribution in [3.63, 3.8) is 0 Å². The van der Waals surface area contributed by atoms with Gasteiger partial charge in [-0.2, -0.15) is 0 Å². The normalized spacial score (nSPS) is 28.3. The van der Waals surface area contributed by atoms with Crippen molar-refractivity contribution >= 4 is 29.6 Å². The Bertz CT molecular complexity index is 1090. The highest BCUT2D eigenvalue weighted by Crippen LogP contribution is 2.59. The summed E-state index contributed by atoms with van der Waals surface area (Å²) < 4.78 is 47.0. The number of nitrogens with one attached hydrogen (secondary N) is 3. The fourth-order valence-electron chi connectivity index (χ4n) is 6.15. The van der Waals surface area contributed by atoms with Crippen molar-refractivity contribution in [3.05, 3.63) is 0 Å². The lowest BCUT2D eigenvalue weighted by Crippen LogP contribution is -2.59. The van der Waals surface area contributed by atoms with Gasteiger partial charge in [-0.3, -0.25) is 23.9 Å². The van der Waals surface area contributed by atoms with Gasteiger partial charge >= 0.3 is 12.5 Å². The molecule has 3 saturated heterocycles. The highest BCUT2D eigenvalue weighted by Gasteiger charge is 2.67. The number of halogens is 3. The van der Waals surface area contributed by atoms with E-state index in [4.69, 9.17) is 4.74 Å². The van der Waals surface area contributed by atoms with Gasteiger partial charge in [0, 0.05) is 18.5 Å². The minimum absolute atomic E-state index is 0.180. The zero-order valence-corrected chi connectivity index (χ0v) is 23.9. The van der Waals surface area contributed by atoms with E-state index >= 15 is 0 Å². The van der Waals surface area contributed by atoms with Crippen molar-refractivity contribution in [3.8, 4) is 0 Å². The standard InChI is InChI=1S/C27H39F3N4O7/c1-25(2,3)20(33-24(39)41-14-6-7-14)23(38)34-18-11-15(26(18,4)5)19(34)22(37)32-16(10-13-8-9-31-21(13)36)17(35)12-40-27(28,29)30/h13-16,18-20H,6-12H2,1-5H3,(H,31,36)(H,32,37)(H,33,39)/t13-,15-,16-,18?,19-,20+/m0/s1. The molecule has 5 fully saturated rings. The molecule has 0 aromatic heterocycles. The van der Waals surface area contributed by atoms with Gasteiger partial charge in [0.2, 0.25) is 17.7 Å². The molecule has 5 aliphatic rings. The van der Waals surface area contributed by atoms with Crippen LogP contribution < -0.4 is 16.0 Å². The third-order valence-corrected chi connectivity index (χ3v) is 8.77. The molecule has 0 radical (unpaired) electrons. The fourth-order valence-corrected chi connectivity index (χ4v) is 6.15. The van der Waals surface area contributed by atoms with Crippen molar-refractivity contribution in [2.45, 2.75) is 103 Å². The summed E-state index contributed by atoms with van der Waals surface area (Å²) in [5.41, 5.74) is -1.21. The maximum Gasteiger partial charge on any atom is 0.522 e. The summed E-state index contributed by atoms with van der Waals surface area (Å²) in [5.74, 6) is -3.53. The van der Waals surface area contributed by atoms with Gasteiger partial charge in [-0.25, -0.2) is 4.79 Å². The molecule has 3 heterocycles. The fraction of sp³-hybridized carbons (Fsp3) is 0.815. The Morgan fingerprint density at radius 1 is 1.10 bits per heavy atom. The van der Waals surface area contributed by atoms with Crippen molar-refractivity contribution < 1.29 is 46.6 Å². The van der Waals surface area contributed by atoms with Crippen LogP contribution >= 0.6 is 0 Å². The number of nitrogens with zero attached hydrogens (tertiary/aromatic N) is 1. The first-order valence-corrected chi connectivity index (χ1v) is 14.0. The van der Waals surface area contributed by atoms with E-state index in [-0.39, 0.29) is 30.4 Å². The summed E-state index contributed by atoms with van der Waals surface area (Å²) >= 11 is 0. The van der Waals surface area contributed by atoms with Gasteiger partial charge < -0.3 is 25.6 Å². The first-order chi connectivity index (χ1) is 18.9. The molecular formula is C27H39F3N4O7. The molecule has 0 aromatic carbocycles. The highest BCUT2D eigenvalue weighted by atomic mass is 19.4. The van der Waals surface area contributed by atoms with Crippen LogP contribution in [0.5, 0.6) is 0 Å². The van der Waals surface area contributed by atoms with E-state index in [0.717, 1.165) is 12.8 Å². The summed E-state index contributed by atoms with van der Waals surface area (Å²) in [5, 5.41) is 7.83. The summed E-state index contributed by atoms with van der Waals surface area (Å²) in [6.45, 7) is 8.18. The van der Waals surface area contributed by atoms with E-state index < -0.39 is 71.5 Å². The Kier molecular flexibility index (Phi) is 8.38. The van der Waals surface area contributed by atoms with Crippen molar-refractivity contribution in [1.29, 1.82) is 0 Å². The lowest BCUT2D eigenvalue weighted by molar-refractivity contribution is -0.321. The number of carbonyl (C=O) groups excluding carboxylic acids is 5. The van der Waals surface area contributed by atoms with Crippen molar-refractivity contribution in [2.24, 2.45) is 22.7 Å². The molecule has 5 rings (SSSR count). The Hall–Kier alpha value is -2.90. The average Bonchev–Trinajstić information content (AvgIpc) is 3.31. The summed E-state index contributed by atoms with van der Waals surface area (Å²) in [4.78, 5) is 66.7. The minimum Gasteiger partial charge on any atom is -0.446 e. The molecule has 2 bridgehead atoms. The van der Waals surface area contributed by atoms with Crippen LogP contribution in [0.3, 0.4) is 0 Å². The summed E-state index contributed by atoms with van der Waals surface area (Å²) in [7, 11) is 0. The van der Waals surface area contributed by atoms with Crippen molar-refractivity contribution in [1.82, 2.24) is 20.9 Å². The third kappa shape index (κ3) is 6.78. The van der Waals surface area contributed by atoms with Crippen LogP contribution in [0.1, 0.15) is 66.7 Å². The van der Waals surface area contributed by atoms with Crippen LogP contribution in [0.2, 0.25) is 0 Å². The third-order valence-electron chi connectivity index (χ3n) is 8.77. The van der Waals surface area contributed by atoms with Gasteiger partial charge in [0.05, 0.1) is 6.04 Å².